The van der Waals surface area contributed by atoms with Gasteiger partial charge in [-0.05, 0) is 18.3 Å². The third-order valence-corrected chi connectivity index (χ3v) is 3.50. The van der Waals surface area contributed by atoms with Crippen molar-refractivity contribution >= 4 is 5.91 Å². The first-order chi connectivity index (χ1) is 7.86. The molecule has 0 aromatic carbocycles. The van der Waals surface area contributed by atoms with Crippen LogP contribution in [0.3, 0.4) is 0 Å². The lowest BCUT2D eigenvalue weighted by Crippen LogP contribution is -2.49. The molecule has 1 aliphatic heterocycles. The van der Waals surface area contributed by atoms with Gasteiger partial charge in [0.15, 0.2) is 0 Å². The van der Waals surface area contributed by atoms with E-state index in [0.29, 0.717) is 18.6 Å². The van der Waals surface area contributed by atoms with Crippen LogP contribution in [0.5, 0.6) is 0 Å². The molecule has 2 unspecified atom stereocenters. The maximum atomic E-state index is 11.9. The van der Waals surface area contributed by atoms with Crippen LogP contribution >= 0.6 is 0 Å². The number of rotatable bonds is 4. The number of amides is 1. The summed E-state index contributed by atoms with van der Waals surface area (Å²) in [6.45, 7) is 9.54. The summed E-state index contributed by atoms with van der Waals surface area (Å²) < 4.78 is 5.59. The predicted molar refractivity (Wildman–Crippen MR) is 68.6 cm³/mol. The fraction of sp³-hybridized carbons (Fsp3) is 0.923. The summed E-state index contributed by atoms with van der Waals surface area (Å²) >= 11 is 0. The topological polar surface area (TPSA) is 64.3 Å². The van der Waals surface area contributed by atoms with Gasteiger partial charge in [-0.15, -0.1) is 0 Å². The zero-order valence-electron chi connectivity index (χ0n) is 11.5. The average Bonchev–Trinajstić information content (AvgIpc) is 2.70. The molecule has 1 rings (SSSR count). The van der Waals surface area contributed by atoms with Crippen molar-refractivity contribution in [3.8, 4) is 0 Å². The lowest BCUT2D eigenvalue weighted by atomic mass is 9.87. The van der Waals surface area contributed by atoms with Crippen molar-refractivity contribution in [3.63, 3.8) is 0 Å². The predicted octanol–water partition coefficient (Wildman–Crippen LogP) is 1.29. The molecule has 0 saturated carbocycles. The second-order valence-electron chi connectivity index (χ2n) is 5.96. The van der Waals surface area contributed by atoms with E-state index in [2.05, 4.69) is 12.2 Å². The Morgan fingerprint density at radius 1 is 1.53 bits per heavy atom. The number of hydrogen-bond donors (Lipinski definition) is 2. The molecule has 4 heteroatoms. The molecule has 0 aromatic rings. The SMILES string of the molecule is CCC1OCCC1CNC(=O)[C@@H](N)C(C)(C)C. The van der Waals surface area contributed by atoms with E-state index >= 15 is 0 Å². The monoisotopic (exact) mass is 242 g/mol. The molecule has 1 amide bonds. The van der Waals surface area contributed by atoms with Crippen LogP contribution in [-0.4, -0.2) is 31.2 Å². The maximum absolute atomic E-state index is 11.9. The number of carbonyl (C=O) groups excluding carboxylic acids is 1. The van der Waals surface area contributed by atoms with Crippen LogP contribution in [0.15, 0.2) is 0 Å². The minimum Gasteiger partial charge on any atom is -0.378 e. The van der Waals surface area contributed by atoms with E-state index in [1.807, 2.05) is 20.8 Å². The maximum Gasteiger partial charge on any atom is 0.237 e. The first-order valence-electron chi connectivity index (χ1n) is 6.51. The van der Waals surface area contributed by atoms with Crippen molar-refractivity contribution < 1.29 is 9.53 Å². The Labute approximate surface area is 104 Å². The Morgan fingerprint density at radius 2 is 2.18 bits per heavy atom. The van der Waals surface area contributed by atoms with E-state index in [1.165, 1.54) is 0 Å². The fourth-order valence-corrected chi connectivity index (χ4v) is 2.11. The summed E-state index contributed by atoms with van der Waals surface area (Å²) in [5.74, 6) is 0.385. The van der Waals surface area contributed by atoms with Crippen LogP contribution in [0.4, 0.5) is 0 Å². The van der Waals surface area contributed by atoms with Gasteiger partial charge in [-0.3, -0.25) is 4.79 Å². The Kier molecular flexibility index (Phi) is 4.95. The lowest BCUT2D eigenvalue weighted by molar-refractivity contribution is -0.124. The second-order valence-corrected chi connectivity index (χ2v) is 5.96. The minimum absolute atomic E-state index is 0.0562. The van der Waals surface area contributed by atoms with Crippen LogP contribution in [0.1, 0.15) is 40.5 Å². The molecule has 0 spiro atoms. The van der Waals surface area contributed by atoms with Gasteiger partial charge >= 0.3 is 0 Å². The van der Waals surface area contributed by atoms with Gasteiger partial charge in [-0.25, -0.2) is 0 Å². The summed E-state index contributed by atoms with van der Waals surface area (Å²) in [4.78, 5) is 11.9. The Bertz CT molecular complexity index is 261. The van der Waals surface area contributed by atoms with Crippen molar-refractivity contribution in [1.82, 2.24) is 5.32 Å². The molecule has 0 aromatic heterocycles. The third kappa shape index (κ3) is 3.96. The van der Waals surface area contributed by atoms with E-state index < -0.39 is 6.04 Å². The largest absolute Gasteiger partial charge is 0.378 e. The van der Waals surface area contributed by atoms with Crippen LogP contribution < -0.4 is 11.1 Å². The van der Waals surface area contributed by atoms with Gasteiger partial charge in [0, 0.05) is 19.1 Å². The lowest BCUT2D eigenvalue weighted by Gasteiger charge is -2.27. The van der Waals surface area contributed by atoms with Crippen LogP contribution in [0.2, 0.25) is 0 Å². The minimum atomic E-state index is -0.454. The first-order valence-corrected chi connectivity index (χ1v) is 6.51. The molecule has 1 heterocycles. The Morgan fingerprint density at radius 3 is 2.71 bits per heavy atom. The Hall–Kier alpha value is -0.610. The number of carbonyl (C=O) groups is 1. The summed E-state index contributed by atoms with van der Waals surface area (Å²) in [5, 5.41) is 2.95. The molecule has 3 N–H and O–H groups in total. The smallest absolute Gasteiger partial charge is 0.237 e. The standard InChI is InChI=1S/C13H26N2O2/c1-5-10-9(6-7-17-10)8-15-12(16)11(14)13(2,3)4/h9-11H,5-8,14H2,1-4H3,(H,15,16)/t9?,10?,11-/m1/s1. The average molecular weight is 242 g/mol. The first kappa shape index (κ1) is 14.5. The Balaban J connectivity index is 2.38. The van der Waals surface area contributed by atoms with Gasteiger partial charge < -0.3 is 15.8 Å². The van der Waals surface area contributed by atoms with E-state index in [0.717, 1.165) is 19.4 Å². The number of nitrogens with two attached hydrogens (primary N) is 1. The third-order valence-electron chi connectivity index (χ3n) is 3.50. The highest BCUT2D eigenvalue weighted by Gasteiger charge is 2.30. The van der Waals surface area contributed by atoms with Gasteiger partial charge in [-0.1, -0.05) is 27.7 Å². The van der Waals surface area contributed by atoms with Crippen LogP contribution in [-0.2, 0) is 9.53 Å². The van der Waals surface area contributed by atoms with Crippen LogP contribution in [0, 0.1) is 11.3 Å². The number of nitrogens with one attached hydrogen (secondary N) is 1. The van der Waals surface area contributed by atoms with Crippen molar-refractivity contribution in [2.45, 2.75) is 52.7 Å². The van der Waals surface area contributed by atoms with Gasteiger partial charge in [-0.2, -0.15) is 0 Å². The molecular weight excluding hydrogens is 216 g/mol. The van der Waals surface area contributed by atoms with E-state index in [-0.39, 0.29) is 11.3 Å². The molecule has 3 atom stereocenters. The molecule has 1 saturated heterocycles. The number of hydrogen-bond acceptors (Lipinski definition) is 3. The molecule has 4 nitrogen and oxygen atoms in total. The molecule has 100 valence electrons. The summed E-state index contributed by atoms with van der Waals surface area (Å²) in [6.07, 6.45) is 2.33. The van der Waals surface area contributed by atoms with Gasteiger partial charge in [0.2, 0.25) is 5.91 Å². The number of ether oxygens (including phenoxy) is 1. The second kappa shape index (κ2) is 5.83. The molecular formula is C13H26N2O2. The zero-order valence-corrected chi connectivity index (χ0v) is 11.5. The van der Waals surface area contributed by atoms with Crippen LogP contribution in [0.25, 0.3) is 0 Å². The molecule has 0 bridgehead atoms. The highest BCUT2D eigenvalue weighted by Crippen LogP contribution is 2.23. The fourth-order valence-electron chi connectivity index (χ4n) is 2.11. The highest BCUT2D eigenvalue weighted by atomic mass is 16.5. The van der Waals surface area contributed by atoms with E-state index in [4.69, 9.17) is 10.5 Å². The molecule has 1 fully saturated rings. The van der Waals surface area contributed by atoms with Gasteiger partial charge in [0.25, 0.3) is 0 Å². The summed E-state index contributed by atoms with van der Waals surface area (Å²) in [6, 6.07) is -0.454. The van der Waals surface area contributed by atoms with Gasteiger partial charge in [0.05, 0.1) is 12.1 Å². The highest BCUT2D eigenvalue weighted by molar-refractivity contribution is 5.82. The normalized spacial score (nSPS) is 26.9. The van der Waals surface area contributed by atoms with Gasteiger partial charge in [0.1, 0.15) is 0 Å². The molecule has 0 aliphatic carbocycles. The summed E-state index contributed by atoms with van der Waals surface area (Å²) in [5.41, 5.74) is 5.71. The van der Waals surface area contributed by atoms with E-state index in [9.17, 15) is 4.79 Å². The van der Waals surface area contributed by atoms with Crippen molar-refractivity contribution in [1.29, 1.82) is 0 Å². The molecule has 17 heavy (non-hydrogen) atoms. The summed E-state index contributed by atoms with van der Waals surface area (Å²) in [7, 11) is 0. The van der Waals surface area contributed by atoms with Crippen molar-refractivity contribution in [3.05, 3.63) is 0 Å². The molecule has 0 radical (unpaired) electrons. The zero-order chi connectivity index (χ0) is 13.1. The van der Waals surface area contributed by atoms with Crippen molar-refractivity contribution in [2.75, 3.05) is 13.2 Å². The van der Waals surface area contributed by atoms with E-state index in [1.54, 1.807) is 0 Å². The quantitative estimate of drug-likeness (QED) is 0.781. The molecule has 1 aliphatic rings. The van der Waals surface area contributed by atoms with Crippen molar-refractivity contribution in [2.24, 2.45) is 17.1 Å².